The maximum Gasteiger partial charge on any atom is 0.296 e. The number of nitro benzene ring substituents is 2. The van der Waals surface area contributed by atoms with E-state index in [1.807, 2.05) is 0 Å². The molecule has 0 unspecified atom stereocenters. The van der Waals surface area contributed by atoms with Crippen LogP contribution in [0.3, 0.4) is 0 Å². The van der Waals surface area contributed by atoms with E-state index in [4.69, 9.17) is 16.3 Å². The minimum atomic E-state index is -0.743. The van der Waals surface area contributed by atoms with Crippen LogP contribution in [0.4, 0.5) is 17.1 Å². The number of rotatable bonds is 6. The van der Waals surface area contributed by atoms with Crippen LogP contribution in [0.2, 0.25) is 5.02 Å². The van der Waals surface area contributed by atoms with Gasteiger partial charge in [-0.15, -0.1) is 0 Å². The summed E-state index contributed by atoms with van der Waals surface area (Å²) >= 11 is 5.69. The van der Waals surface area contributed by atoms with Crippen LogP contribution in [0.15, 0.2) is 36.4 Å². The number of nitro groups is 2. The molecule has 0 fully saturated rings. The molecule has 0 atom stereocenters. The number of hydrogen-bond acceptors (Lipinski definition) is 6. The van der Waals surface area contributed by atoms with E-state index in [-0.39, 0.29) is 27.7 Å². The minimum Gasteiger partial charge on any atom is -0.494 e. The topological polar surface area (TPSA) is 125 Å². The Kier molecular flexibility index (Phi) is 5.50. The second-order valence-electron chi connectivity index (χ2n) is 4.75. The molecule has 0 radical (unpaired) electrons. The number of halogens is 1. The van der Waals surface area contributed by atoms with Gasteiger partial charge in [0.05, 0.1) is 22.5 Å². The number of amides is 1. The first kappa shape index (κ1) is 18.1. The van der Waals surface area contributed by atoms with Gasteiger partial charge in [0.25, 0.3) is 17.3 Å². The van der Waals surface area contributed by atoms with Crippen LogP contribution in [-0.4, -0.2) is 22.4 Å². The lowest BCUT2D eigenvalue weighted by Gasteiger charge is -2.08. The van der Waals surface area contributed by atoms with Gasteiger partial charge in [0.2, 0.25) is 0 Å². The van der Waals surface area contributed by atoms with Gasteiger partial charge in [-0.1, -0.05) is 11.6 Å². The van der Waals surface area contributed by atoms with Crippen LogP contribution in [0.25, 0.3) is 0 Å². The van der Waals surface area contributed by atoms with Crippen molar-refractivity contribution < 1.29 is 19.4 Å². The Hall–Kier alpha value is -3.20. The first-order valence-corrected chi connectivity index (χ1v) is 7.37. The second-order valence-corrected chi connectivity index (χ2v) is 5.15. The first-order valence-electron chi connectivity index (χ1n) is 7.00. The van der Waals surface area contributed by atoms with Gasteiger partial charge in [-0.05, 0) is 31.2 Å². The fourth-order valence-electron chi connectivity index (χ4n) is 2.01. The number of ether oxygens (including phenoxy) is 1. The lowest BCUT2D eigenvalue weighted by Crippen LogP contribution is -2.13. The Morgan fingerprint density at radius 3 is 2.40 bits per heavy atom. The monoisotopic (exact) mass is 365 g/mol. The van der Waals surface area contributed by atoms with Crippen molar-refractivity contribution >= 4 is 34.6 Å². The summed E-state index contributed by atoms with van der Waals surface area (Å²) in [6.07, 6.45) is 0. The maximum atomic E-state index is 12.3. The molecule has 9 nitrogen and oxygen atoms in total. The molecule has 1 amide bonds. The molecule has 130 valence electrons. The number of benzene rings is 2. The van der Waals surface area contributed by atoms with E-state index < -0.39 is 21.4 Å². The number of nitrogens with zero attached hydrogens (tertiary/aromatic N) is 2. The molecule has 25 heavy (non-hydrogen) atoms. The molecule has 0 aliphatic carbocycles. The smallest absolute Gasteiger partial charge is 0.296 e. The van der Waals surface area contributed by atoms with Crippen molar-refractivity contribution in [3.8, 4) is 5.75 Å². The van der Waals surface area contributed by atoms with Crippen molar-refractivity contribution in [2.75, 3.05) is 11.9 Å². The standard InChI is InChI=1S/C15H12ClN3O6/c1-2-25-10-4-6-12(14(8-10)19(23)24)17-15(20)9-3-5-11(16)13(7-9)18(21)22/h3-8H,2H2,1H3,(H,17,20). The van der Waals surface area contributed by atoms with Gasteiger partial charge in [-0.25, -0.2) is 0 Å². The SMILES string of the molecule is CCOc1ccc(NC(=O)c2ccc(Cl)c([N+](=O)[O-])c2)c([N+](=O)[O-])c1. The Bertz CT molecular complexity index is 855. The van der Waals surface area contributed by atoms with Gasteiger partial charge >= 0.3 is 0 Å². The summed E-state index contributed by atoms with van der Waals surface area (Å²) in [4.78, 5) is 32.9. The summed E-state index contributed by atoms with van der Waals surface area (Å²) in [5.41, 5.74) is -0.909. The molecule has 0 heterocycles. The van der Waals surface area contributed by atoms with E-state index >= 15 is 0 Å². The van der Waals surface area contributed by atoms with Crippen LogP contribution < -0.4 is 10.1 Å². The Labute approximate surface area is 146 Å². The zero-order valence-electron chi connectivity index (χ0n) is 12.9. The van der Waals surface area contributed by atoms with E-state index in [0.29, 0.717) is 6.61 Å². The van der Waals surface area contributed by atoms with Crippen molar-refractivity contribution in [3.05, 3.63) is 67.2 Å². The molecule has 2 aromatic rings. The molecule has 0 bridgehead atoms. The fraction of sp³-hybridized carbons (Fsp3) is 0.133. The highest BCUT2D eigenvalue weighted by Crippen LogP contribution is 2.30. The van der Waals surface area contributed by atoms with Crippen molar-refractivity contribution in [2.24, 2.45) is 0 Å². The van der Waals surface area contributed by atoms with Crippen LogP contribution in [0.5, 0.6) is 5.75 Å². The lowest BCUT2D eigenvalue weighted by atomic mass is 10.1. The molecule has 0 saturated carbocycles. The van der Waals surface area contributed by atoms with E-state index in [1.54, 1.807) is 6.92 Å². The summed E-state index contributed by atoms with van der Waals surface area (Å²) in [5.74, 6) is -0.457. The molecule has 0 aromatic heterocycles. The maximum absolute atomic E-state index is 12.3. The largest absolute Gasteiger partial charge is 0.494 e. The van der Waals surface area contributed by atoms with Crippen molar-refractivity contribution in [1.29, 1.82) is 0 Å². The van der Waals surface area contributed by atoms with Crippen LogP contribution in [-0.2, 0) is 0 Å². The molecule has 2 rings (SSSR count). The predicted molar refractivity (Wildman–Crippen MR) is 90.3 cm³/mol. The van der Waals surface area contributed by atoms with Gasteiger partial charge in [0.1, 0.15) is 16.5 Å². The van der Waals surface area contributed by atoms with Gasteiger partial charge in [0, 0.05) is 11.6 Å². The Morgan fingerprint density at radius 1 is 1.12 bits per heavy atom. The van der Waals surface area contributed by atoms with Crippen LogP contribution in [0, 0.1) is 20.2 Å². The lowest BCUT2D eigenvalue weighted by molar-refractivity contribution is -0.384. The zero-order chi connectivity index (χ0) is 18.6. The summed E-state index contributed by atoms with van der Waals surface area (Å²) in [6.45, 7) is 2.06. The highest BCUT2D eigenvalue weighted by Gasteiger charge is 2.20. The third-order valence-corrected chi connectivity index (χ3v) is 3.45. The number of anilines is 1. The molecule has 10 heteroatoms. The molecule has 1 N–H and O–H groups in total. The first-order chi connectivity index (χ1) is 11.8. The quantitative estimate of drug-likeness (QED) is 0.613. The normalized spacial score (nSPS) is 10.2. The highest BCUT2D eigenvalue weighted by atomic mass is 35.5. The molecule has 2 aromatic carbocycles. The fourth-order valence-corrected chi connectivity index (χ4v) is 2.20. The Balaban J connectivity index is 2.33. The van der Waals surface area contributed by atoms with Gasteiger partial charge in [-0.2, -0.15) is 0 Å². The van der Waals surface area contributed by atoms with Crippen LogP contribution >= 0.6 is 11.6 Å². The summed E-state index contributed by atoms with van der Waals surface area (Å²) in [5, 5.41) is 24.3. The zero-order valence-corrected chi connectivity index (χ0v) is 13.6. The third kappa shape index (κ3) is 4.21. The molecular formula is C15H12ClN3O6. The second kappa shape index (κ2) is 7.58. The molecule has 0 saturated heterocycles. The third-order valence-electron chi connectivity index (χ3n) is 3.13. The number of nitrogens with one attached hydrogen (secondary N) is 1. The van der Waals surface area contributed by atoms with Gasteiger partial charge in [0.15, 0.2) is 0 Å². The van der Waals surface area contributed by atoms with Gasteiger partial charge < -0.3 is 10.1 Å². The average molecular weight is 366 g/mol. The Morgan fingerprint density at radius 2 is 1.80 bits per heavy atom. The highest BCUT2D eigenvalue weighted by molar-refractivity contribution is 6.32. The van der Waals surface area contributed by atoms with Gasteiger partial charge in [-0.3, -0.25) is 25.0 Å². The van der Waals surface area contributed by atoms with E-state index in [9.17, 15) is 25.0 Å². The number of carbonyl (C=O) groups is 1. The number of hydrogen-bond donors (Lipinski definition) is 1. The molecule has 0 spiro atoms. The number of carbonyl (C=O) groups excluding carboxylic acids is 1. The molecule has 0 aliphatic heterocycles. The molecule has 0 aliphatic rings. The van der Waals surface area contributed by atoms with Crippen molar-refractivity contribution in [1.82, 2.24) is 0 Å². The predicted octanol–water partition coefficient (Wildman–Crippen LogP) is 3.81. The molecular weight excluding hydrogens is 354 g/mol. The summed E-state index contributed by atoms with van der Waals surface area (Å²) < 4.78 is 5.19. The average Bonchev–Trinajstić information content (AvgIpc) is 2.56. The van der Waals surface area contributed by atoms with E-state index in [2.05, 4.69) is 5.32 Å². The summed E-state index contributed by atoms with van der Waals surface area (Å²) in [7, 11) is 0. The minimum absolute atomic E-state index is 0.0562. The van der Waals surface area contributed by atoms with Crippen LogP contribution in [0.1, 0.15) is 17.3 Å². The van der Waals surface area contributed by atoms with Crippen molar-refractivity contribution in [3.63, 3.8) is 0 Å². The van der Waals surface area contributed by atoms with E-state index in [1.165, 1.54) is 30.3 Å². The van der Waals surface area contributed by atoms with Crippen molar-refractivity contribution in [2.45, 2.75) is 6.92 Å². The van der Waals surface area contributed by atoms with E-state index in [0.717, 1.165) is 6.07 Å². The summed E-state index contributed by atoms with van der Waals surface area (Å²) in [6, 6.07) is 7.47.